The van der Waals surface area contributed by atoms with E-state index >= 15 is 0 Å². The first-order valence-electron chi connectivity index (χ1n) is 9.04. The molecule has 0 radical (unpaired) electrons. The quantitative estimate of drug-likeness (QED) is 0.769. The van der Waals surface area contributed by atoms with Gasteiger partial charge >= 0.3 is 6.09 Å². The van der Waals surface area contributed by atoms with Gasteiger partial charge < -0.3 is 14.7 Å². The Balaban J connectivity index is 1.98. The molecule has 4 nitrogen and oxygen atoms in total. The number of piperidine rings is 2. The van der Waals surface area contributed by atoms with Crippen LogP contribution in [0.2, 0.25) is 0 Å². The van der Waals surface area contributed by atoms with Crippen LogP contribution in [0.15, 0.2) is 0 Å². The van der Waals surface area contributed by atoms with Gasteiger partial charge in [-0.3, -0.25) is 4.39 Å². The minimum atomic E-state index is -0.704. The van der Waals surface area contributed by atoms with Crippen LogP contribution < -0.4 is 0 Å². The Morgan fingerprint density at radius 3 is 2.35 bits per heavy atom. The molecule has 5 heteroatoms. The molecule has 2 rings (SSSR count). The van der Waals surface area contributed by atoms with Gasteiger partial charge in [0.25, 0.3) is 0 Å². The van der Waals surface area contributed by atoms with Crippen molar-refractivity contribution in [1.29, 1.82) is 0 Å². The molecule has 2 unspecified atom stereocenters. The van der Waals surface area contributed by atoms with Gasteiger partial charge in [-0.25, -0.2) is 4.79 Å². The van der Waals surface area contributed by atoms with E-state index in [9.17, 15) is 14.3 Å². The first-order valence-corrected chi connectivity index (χ1v) is 9.04. The smallest absolute Gasteiger partial charge is 0.410 e. The average molecular weight is 329 g/mol. The zero-order valence-electron chi connectivity index (χ0n) is 14.8. The topological polar surface area (TPSA) is 49.8 Å². The lowest BCUT2D eigenvalue weighted by atomic mass is 9.73. The Morgan fingerprint density at radius 1 is 1.22 bits per heavy atom. The number of hydrogen-bond acceptors (Lipinski definition) is 3. The Bertz CT molecular complexity index is 394. The number of alkyl halides is 1. The first-order chi connectivity index (χ1) is 10.7. The molecule has 1 amide bonds. The van der Waals surface area contributed by atoms with E-state index in [1.807, 2.05) is 25.7 Å². The van der Waals surface area contributed by atoms with E-state index in [4.69, 9.17) is 4.74 Å². The molecular weight excluding hydrogens is 297 g/mol. The molecule has 0 aliphatic carbocycles. The summed E-state index contributed by atoms with van der Waals surface area (Å²) >= 11 is 0. The molecule has 0 aromatic rings. The number of rotatable bonds is 5. The highest BCUT2D eigenvalue weighted by Crippen LogP contribution is 2.42. The number of aliphatic hydroxyl groups is 1. The number of nitrogens with zero attached hydrogens (tertiary/aromatic N) is 1. The van der Waals surface area contributed by atoms with E-state index in [-0.39, 0.29) is 24.9 Å². The molecule has 2 atom stereocenters. The van der Waals surface area contributed by atoms with E-state index in [1.165, 1.54) is 0 Å². The van der Waals surface area contributed by atoms with Crippen molar-refractivity contribution in [2.45, 2.75) is 102 Å². The third-order valence-electron chi connectivity index (χ3n) is 4.97. The average Bonchev–Trinajstić information content (AvgIpc) is 2.40. The maximum absolute atomic E-state index is 12.5. The fraction of sp³-hybridized carbons (Fsp3) is 0.944. The second-order valence-electron chi connectivity index (χ2n) is 8.26. The van der Waals surface area contributed by atoms with E-state index < -0.39 is 11.2 Å². The Morgan fingerprint density at radius 2 is 1.83 bits per heavy atom. The van der Waals surface area contributed by atoms with Crippen LogP contribution >= 0.6 is 0 Å². The molecule has 2 bridgehead atoms. The van der Waals surface area contributed by atoms with Gasteiger partial charge in [-0.15, -0.1) is 0 Å². The van der Waals surface area contributed by atoms with Crippen molar-refractivity contribution >= 4 is 6.09 Å². The molecule has 2 fully saturated rings. The number of amides is 1. The molecule has 2 aliphatic rings. The van der Waals surface area contributed by atoms with Crippen LogP contribution in [-0.2, 0) is 4.74 Å². The van der Waals surface area contributed by atoms with Crippen molar-refractivity contribution in [3.05, 3.63) is 0 Å². The SMILES string of the molecule is CC(C)(C)OC(=O)N1C2CCCC1CC(O)(CCCCCF)C2. The summed E-state index contributed by atoms with van der Waals surface area (Å²) in [6.07, 6.45) is 6.94. The molecule has 2 aliphatic heterocycles. The van der Waals surface area contributed by atoms with E-state index in [0.717, 1.165) is 32.1 Å². The summed E-state index contributed by atoms with van der Waals surface area (Å²) < 4.78 is 17.8. The van der Waals surface area contributed by atoms with Crippen LogP contribution in [0.5, 0.6) is 0 Å². The highest BCUT2D eigenvalue weighted by molar-refractivity contribution is 5.69. The number of carbonyl (C=O) groups excluding carboxylic acids is 1. The maximum atomic E-state index is 12.5. The predicted molar refractivity (Wildman–Crippen MR) is 88.1 cm³/mol. The van der Waals surface area contributed by atoms with Gasteiger partial charge in [0.05, 0.1) is 12.3 Å². The second-order valence-corrected chi connectivity index (χ2v) is 8.26. The normalized spacial score (nSPS) is 31.1. The van der Waals surface area contributed by atoms with Gasteiger partial charge in [0, 0.05) is 12.1 Å². The Hall–Kier alpha value is -0.840. The zero-order valence-corrected chi connectivity index (χ0v) is 14.8. The van der Waals surface area contributed by atoms with Gasteiger partial charge in [0.1, 0.15) is 5.60 Å². The summed E-state index contributed by atoms with van der Waals surface area (Å²) in [6.45, 7) is 5.36. The van der Waals surface area contributed by atoms with Gasteiger partial charge in [0.15, 0.2) is 0 Å². The minimum Gasteiger partial charge on any atom is -0.444 e. The van der Waals surface area contributed by atoms with Gasteiger partial charge in [-0.1, -0.05) is 12.8 Å². The van der Waals surface area contributed by atoms with Crippen molar-refractivity contribution in [3.63, 3.8) is 0 Å². The van der Waals surface area contributed by atoms with Crippen molar-refractivity contribution in [3.8, 4) is 0 Å². The summed E-state index contributed by atoms with van der Waals surface area (Å²) in [5, 5.41) is 10.9. The van der Waals surface area contributed by atoms with Crippen LogP contribution in [-0.4, -0.2) is 46.1 Å². The molecule has 1 N–H and O–H groups in total. The summed E-state index contributed by atoms with van der Waals surface area (Å²) in [6, 6.07) is 0.145. The monoisotopic (exact) mass is 329 g/mol. The van der Waals surface area contributed by atoms with Crippen LogP contribution in [0.4, 0.5) is 9.18 Å². The van der Waals surface area contributed by atoms with Crippen molar-refractivity contribution < 1.29 is 19.0 Å². The summed E-state index contributed by atoms with van der Waals surface area (Å²) in [7, 11) is 0. The third-order valence-corrected chi connectivity index (χ3v) is 4.97. The second kappa shape index (κ2) is 7.37. The molecule has 0 aromatic carbocycles. The third kappa shape index (κ3) is 5.07. The molecule has 0 saturated carbocycles. The van der Waals surface area contributed by atoms with Gasteiger partial charge in [-0.05, 0) is 65.7 Å². The lowest BCUT2D eigenvalue weighted by molar-refractivity contribution is -0.0965. The number of hydrogen-bond donors (Lipinski definition) is 1. The standard InChI is InChI=1S/C18H32FNO3/c1-17(2,3)23-16(21)20-14-8-7-9-15(20)13-18(22,12-14)10-5-4-6-11-19/h14-15,22H,4-13H2,1-3H3. The number of fused-ring (bicyclic) bond motifs is 2. The van der Waals surface area contributed by atoms with E-state index in [0.29, 0.717) is 25.7 Å². The van der Waals surface area contributed by atoms with Gasteiger partial charge in [0.2, 0.25) is 0 Å². The lowest BCUT2D eigenvalue weighted by Gasteiger charge is -2.51. The van der Waals surface area contributed by atoms with Crippen molar-refractivity contribution in [1.82, 2.24) is 4.90 Å². The molecule has 0 aromatic heterocycles. The molecule has 2 saturated heterocycles. The largest absolute Gasteiger partial charge is 0.444 e. The van der Waals surface area contributed by atoms with E-state index in [1.54, 1.807) is 0 Å². The number of unbranched alkanes of at least 4 members (excludes halogenated alkanes) is 2. The number of halogens is 1. The van der Waals surface area contributed by atoms with Crippen molar-refractivity contribution in [2.24, 2.45) is 0 Å². The minimum absolute atomic E-state index is 0.0727. The fourth-order valence-electron chi connectivity index (χ4n) is 4.07. The van der Waals surface area contributed by atoms with Crippen LogP contribution in [0.3, 0.4) is 0 Å². The van der Waals surface area contributed by atoms with Crippen LogP contribution in [0.1, 0.15) is 78.6 Å². The summed E-state index contributed by atoms with van der Waals surface area (Å²) in [5.41, 5.74) is -1.20. The predicted octanol–water partition coefficient (Wildman–Crippen LogP) is 4.20. The molecule has 134 valence electrons. The van der Waals surface area contributed by atoms with E-state index in [2.05, 4.69) is 0 Å². The highest BCUT2D eigenvalue weighted by atomic mass is 19.1. The number of ether oxygens (including phenoxy) is 1. The number of carbonyl (C=O) groups is 1. The highest BCUT2D eigenvalue weighted by Gasteiger charge is 2.47. The summed E-state index contributed by atoms with van der Waals surface area (Å²) in [4.78, 5) is 14.4. The fourth-order valence-corrected chi connectivity index (χ4v) is 4.07. The van der Waals surface area contributed by atoms with Crippen molar-refractivity contribution in [2.75, 3.05) is 6.67 Å². The lowest BCUT2D eigenvalue weighted by Crippen LogP contribution is -2.60. The Labute approximate surface area is 139 Å². The molecule has 0 spiro atoms. The Kier molecular flexibility index (Phi) is 5.93. The maximum Gasteiger partial charge on any atom is 0.410 e. The van der Waals surface area contributed by atoms with Gasteiger partial charge in [-0.2, -0.15) is 0 Å². The molecule has 23 heavy (non-hydrogen) atoms. The van der Waals surface area contributed by atoms with Crippen LogP contribution in [0, 0.1) is 0 Å². The van der Waals surface area contributed by atoms with Crippen LogP contribution in [0.25, 0.3) is 0 Å². The first kappa shape index (κ1) is 18.5. The zero-order chi connectivity index (χ0) is 17.1. The molecule has 2 heterocycles. The summed E-state index contributed by atoms with van der Waals surface area (Å²) in [5.74, 6) is 0. The molecular formula is C18H32FNO3.